The molecule has 0 saturated heterocycles. The number of hydrogen-bond acceptors (Lipinski definition) is 1. The van der Waals surface area contributed by atoms with E-state index in [1.807, 2.05) is 0 Å². The maximum Gasteiger partial charge on any atom is 2.00 e. The molecule has 0 unspecified atom stereocenters. The molecule has 0 N–H and O–H groups in total. The van der Waals surface area contributed by atoms with Crippen molar-refractivity contribution in [2.75, 3.05) is 5.75 Å². The van der Waals surface area contributed by atoms with Crippen molar-refractivity contribution in [1.29, 1.82) is 0 Å². The fraction of sp³-hybridized carbons (Fsp3) is 0.889. The molecule has 2 saturated carbocycles. The third kappa shape index (κ3) is 15.3. The summed E-state index contributed by atoms with van der Waals surface area (Å²) in [6.45, 7) is 0. The molecule has 0 atom stereocenters. The first-order valence-corrected chi connectivity index (χ1v) is 8.67. The van der Waals surface area contributed by atoms with Gasteiger partial charge in [-0.15, -0.1) is 0 Å². The molecule has 2 fully saturated rings. The van der Waals surface area contributed by atoms with Crippen molar-refractivity contribution in [3.05, 3.63) is 14.9 Å². The molecule has 2 aliphatic rings. The molecule has 2 heteroatoms. The number of unbranched alkanes of at least 4 members (excludes halogenated alkanes) is 3. The molecular weight excluding hydrogens is 304 g/mol. The molecule has 20 heavy (non-hydrogen) atoms. The summed E-state index contributed by atoms with van der Waals surface area (Å²) in [5, 5.41) is 0. The Labute approximate surface area is 146 Å². The summed E-state index contributed by atoms with van der Waals surface area (Å²) in [7, 11) is 0. The smallest absolute Gasteiger partial charge is 0.358 e. The Morgan fingerprint density at radius 1 is 0.650 bits per heavy atom. The third-order valence-corrected chi connectivity index (χ3v) is 4.56. The molecule has 0 spiro atoms. The second-order valence-corrected chi connectivity index (χ2v) is 6.29. The predicted octanol–water partition coefficient (Wildman–Crippen LogP) is 6.91. The fourth-order valence-electron chi connectivity index (χ4n) is 3.08. The van der Waals surface area contributed by atoms with Gasteiger partial charge in [-0.1, -0.05) is 83.5 Å². The Bertz CT molecular complexity index is 144. The minimum atomic E-state index is 0. The minimum Gasteiger partial charge on any atom is -0.358 e. The van der Waals surface area contributed by atoms with Crippen LogP contribution in [0.5, 0.6) is 0 Å². The molecule has 0 amide bonds. The average molecular weight is 342 g/mol. The van der Waals surface area contributed by atoms with Crippen LogP contribution in [0.15, 0.2) is 0 Å². The van der Waals surface area contributed by atoms with E-state index >= 15 is 0 Å². The van der Waals surface area contributed by atoms with Crippen molar-refractivity contribution in [3.8, 4) is 0 Å². The van der Waals surface area contributed by atoms with Gasteiger partial charge in [0.1, 0.15) is 0 Å². The van der Waals surface area contributed by atoms with Crippen molar-refractivity contribution in [1.82, 2.24) is 0 Å². The van der Waals surface area contributed by atoms with Crippen LogP contribution in [0.3, 0.4) is 0 Å². The SMILES string of the molecule is C1CCCC1.SCCCCCCC1CCCC1.[CH3-].[CH3-].[Fe+2]. The number of thiol groups is 1. The molecule has 0 aliphatic heterocycles. The molecule has 0 nitrogen and oxygen atoms in total. The van der Waals surface area contributed by atoms with Crippen molar-refractivity contribution in [2.45, 2.75) is 89.9 Å². The van der Waals surface area contributed by atoms with E-state index in [0.717, 1.165) is 11.7 Å². The van der Waals surface area contributed by atoms with E-state index in [2.05, 4.69) is 12.6 Å². The van der Waals surface area contributed by atoms with Crippen LogP contribution in [0, 0.1) is 20.8 Å². The molecule has 0 aromatic carbocycles. The van der Waals surface area contributed by atoms with E-state index in [9.17, 15) is 0 Å². The zero-order chi connectivity index (χ0) is 12.2. The first-order valence-electron chi connectivity index (χ1n) is 8.04. The topological polar surface area (TPSA) is 0 Å². The molecule has 0 aromatic rings. The Balaban J connectivity index is -0.000000312. The zero-order valence-electron chi connectivity index (χ0n) is 14.0. The van der Waals surface area contributed by atoms with Gasteiger partial charge in [-0.25, -0.2) is 0 Å². The van der Waals surface area contributed by atoms with Gasteiger partial charge in [-0.2, -0.15) is 12.6 Å². The van der Waals surface area contributed by atoms with Crippen LogP contribution in [0.25, 0.3) is 0 Å². The molecular formula is C18H38FeS. The van der Waals surface area contributed by atoms with Crippen molar-refractivity contribution < 1.29 is 17.1 Å². The van der Waals surface area contributed by atoms with Crippen LogP contribution in [-0.4, -0.2) is 5.75 Å². The van der Waals surface area contributed by atoms with Gasteiger partial charge in [-0.3, -0.25) is 0 Å². The van der Waals surface area contributed by atoms with E-state index < -0.39 is 0 Å². The minimum absolute atomic E-state index is 0. The molecule has 2 rings (SSSR count). The molecule has 0 bridgehead atoms. The second-order valence-electron chi connectivity index (χ2n) is 5.84. The van der Waals surface area contributed by atoms with Gasteiger partial charge in [0, 0.05) is 0 Å². The first kappa shape index (κ1) is 25.8. The Hall–Kier alpha value is 0.869. The second kappa shape index (κ2) is 19.9. The summed E-state index contributed by atoms with van der Waals surface area (Å²) in [4.78, 5) is 0. The summed E-state index contributed by atoms with van der Waals surface area (Å²) >= 11 is 4.21. The Kier molecular flexibility index (Phi) is 25.6. The van der Waals surface area contributed by atoms with Crippen molar-refractivity contribution >= 4 is 12.6 Å². The van der Waals surface area contributed by atoms with Crippen LogP contribution < -0.4 is 0 Å². The quantitative estimate of drug-likeness (QED) is 0.231. The van der Waals surface area contributed by atoms with Gasteiger partial charge in [0.25, 0.3) is 0 Å². The maximum atomic E-state index is 4.21. The van der Waals surface area contributed by atoms with E-state index in [1.165, 1.54) is 89.9 Å². The van der Waals surface area contributed by atoms with Gasteiger partial charge >= 0.3 is 17.1 Å². The summed E-state index contributed by atoms with van der Waals surface area (Å²) in [5.74, 6) is 2.17. The molecule has 0 heterocycles. The Morgan fingerprint density at radius 3 is 1.55 bits per heavy atom. The molecule has 0 radical (unpaired) electrons. The molecule has 2 aliphatic carbocycles. The monoisotopic (exact) mass is 342 g/mol. The van der Waals surface area contributed by atoms with Crippen LogP contribution in [0.4, 0.5) is 0 Å². The van der Waals surface area contributed by atoms with E-state index in [-0.39, 0.29) is 31.9 Å². The van der Waals surface area contributed by atoms with E-state index in [4.69, 9.17) is 0 Å². The molecule has 124 valence electrons. The Morgan fingerprint density at radius 2 is 1.10 bits per heavy atom. The zero-order valence-corrected chi connectivity index (χ0v) is 16.0. The normalized spacial score (nSPS) is 17.2. The van der Waals surface area contributed by atoms with Crippen LogP contribution in [0.2, 0.25) is 0 Å². The number of hydrogen-bond donors (Lipinski definition) is 1. The van der Waals surface area contributed by atoms with Gasteiger partial charge in [0.2, 0.25) is 0 Å². The fourth-order valence-corrected chi connectivity index (χ4v) is 3.30. The summed E-state index contributed by atoms with van der Waals surface area (Å²) in [6.07, 6.45) is 20.7. The van der Waals surface area contributed by atoms with Gasteiger partial charge in [0.15, 0.2) is 0 Å². The van der Waals surface area contributed by atoms with Crippen LogP contribution in [-0.2, 0) is 17.1 Å². The standard InChI is InChI=1S/C11H22S.C5H10.2CH3.Fe/c12-10-6-2-1-3-7-11-8-4-5-9-11;1-2-4-5-3-1;;;/h11-12H,1-10H2;1-5H2;2*1H3;/q;;2*-1;+2. The van der Waals surface area contributed by atoms with Crippen molar-refractivity contribution in [3.63, 3.8) is 0 Å². The van der Waals surface area contributed by atoms with Crippen LogP contribution in [0.1, 0.15) is 89.9 Å². The van der Waals surface area contributed by atoms with Gasteiger partial charge in [0.05, 0.1) is 0 Å². The summed E-state index contributed by atoms with van der Waals surface area (Å²) in [6, 6.07) is 0. The van der Waals surface area contributed by atoms with Gasteiger partial charge < -0.3 is 14.9 Å². The van der Waals surface area contributed by atoms with Crippen molar-refractivity contribution in [2.24, 2.45) is 5.92 Å². The molecule has 0 aromatic heterocycles. The predicted molar refractivity (Wildman–Crippen MR) is 94.8 cm³/mol. The number of rotatable bonds is 6. The summed E-state index contributed by atoms with van der Waals surface area (Å²) < 4.78 is 0. The third-order valence-electron chi connectivity index (χ3n) is 4.25. The summed E-state index contributed by atoms with van der Waals surface area (Å²) in [5.41, 5.74) is 0. The van der Waals surface area contributed by atoms with E-state index in [1.54, 1.807) is 0 Å². The van der Waals surface area contributed by atoms with Crippen LogP contribution >= 0.6 is 12.6 Å². The van der Waals surface area contributed by atoms with Gasteiger partial charge in [-0.05, 0) is 18.1 Å². The maximum absolute atomic E-state index is 4.21. The first-order chi connectivity index (χ1) is 8.43. The largest absolute Gasteiger partial charge is 2.00 e. The van der Waals surface area contributed by atoms with E-state index in [0.29, 0.717) is 0 Å². The average Bonchev–Trinajstić information content (AvgIpc) is 3.05.